The standard InChI is InChI=1S/C25H37F3N2O5/c1-4-5-6-7-8-17(2)23(31)35-24-12-11-18(20(30-24)15-33-16-32-3)13-21(24)34-22-10-9-19(14-29-22)25(26,27)28/h9-10,14,17-18,20-21,30H,4-8,11-13,15-16H2,1-3H3/t17?,18-,20-,21-,24+/m1/s1. The van der Waals surface area contributed by atoms with E-state index in [1.54, 1.807) is 7.11 Å². The molecule has 3 fully saturated rings. The average Bonchev–Trinajstić information content (AvgIpc) is 2.82. The quantitative estimate of drug-likeness (QED) is 0.229. The third-order valence-electron chi connectivity index (χ3n) is 6.92. The molecule has 5 atom stereocenters. The lowest BCUT2D eigenvalue weighted by molar-refractivity contribution is -0.214. The first-order valence-electron chi connectivity index (χ1n) is 12.5. The first kappa shape index (κ1) is 27.7. The van der Waals surface area contributed by atoms with Gasteiger partial charge in [-0.2, -0.15) is 13.2 Å². The van der Waals surface area contributed by atoms with Gasteiger partial charge in [-0.05, 0) is 31.2 Å². The van der Waals surface area contributed by atoms with Crippen LogP contribution in [0.5, 0.6) is 5.88 Å². The Kier molecular flexibility index (Phi) is 9.77. The van der Waals surface area contributed by atoms with E-state index in [-0.39, 0.29) is 36.5 Å². The largest absolute Gasteiger partial charge is 0.469 e. The number of ether oxygens (including phenoxy) is 4. The molecule has 3 aliphatic rings. The number of methoxy groups -OCH3 is 1. The number of halogens is 3. The van der Waals surface area contributed by atoms with Gasteiger partial charge in [-0.3, -0.25) is 10.1 Å². The third-order valence-corrected chi connectivity index (χ3v) is 6.92. The van der Waals surface area contributed by atoms with Crippen molar-refractivity contribution in [2.75, 3.05) is 20.5 Å². The molecular weight excluding hydrogens is 465 g/mol. The van der Waals surface area contributed by atoms with Gasteiger partial charge in [-0.25, -0.2) is 4.98 Å². The molecule has 1 aromatic rings. The number of nitrogens with one attached hydrogen (secondary N) is 1. The lowest BCUT2D eigenvalue weighted by Gasteiger charge is -2.54. The van der Waals surface area contributed by atoms with Gasteiger partial charge in [0.05, 0.1) is 18.1 Å². The van der Waals surface area contributed by atoms with Crippen LogP contribution in [0.25, 0.3) is 0 Å². The van der Waals surface area contributed by atoms with Crippen LogP contribution < -0.4 is 10.1 Å². The number of alkyl halides is 3. The second kappa shape index (κ2) is 12.4. The molecule has 4 rings (SSSR count). The maximum absolute atomic E-state index is 13.1. The zero-order chi connectivity index (χ0) is 25.5. The van der Waals surface area contributed by atoms with Crippen LogP contribution in [0.1, 0.15) is 70.8 Å². The first-order chi connectivity index (χ1) is 16.7. The topological polar surface area (TPSA) is 78.9 Å². The molecule has 198 valence electrons. The van der Waals surface area contributed by atoms with E-state index >= 15 is 0 Å². The Morgan fingerprint density at radius 2 is 2.09 bits per heavy atom. The van der Waals surface area contributed by atoms with E-state index in [4.69, 9.17) is 18.9 Å². The van der Waals surface area contributed by atoms with Gasteiger partial charge < -0.3 is 18.9 Å². The highest BCUT2D eigenvalue weighted by atomic mass is 19.4. The molecule has 0 aromatic carbocycles. The molecule has 10 heteroatoms. The number of hydrogen-bond acceptors (Lipinski definition) is 7. The highest BCUT2D eigenvalue weighted by Crippen LogP contribution is 2.43. The molecular formula is C25H37F3N2O5. The molecule has 1 N–H and O–H groups in total. The Morgan fingerprint density at radius 3 is 2.74 bits per heavy atom. The number of rotatable bonds is 13. The Hall–Kier alpha value is -1.91. The molecule has 0 radical (unpaired) electrons. The van der Waals surface area contributed by atoms with Crippen LogP contribution in [0, 0.1) is 11.8 Å². The van der Waals surface area contributed by atoms with Gasteiger partial charge >= 0.3 is 12.1 Å². The normalized spacial score (nSPS) is 27.0. The van der Waals surface area contributed by atoms with Crippen molar-refractivity contribution >= 4 is 5.97 Å². The SMILES string of the molecule is CCCCCCC(C)C(=O)O[C@@]12CC[C@H](C[C@H]1Oc1ccc(C(F)(F)F)cn1)[C@@H](COCOC)N2. The van der Waals surface area contributed by atoms with Crippen molar-refractivity contribution in [1.82, 2.24) is 10.3 Å². The second-order valence-electron chi connectivity index (χ2n) is 9.61. The van der Waals surface area contributed by atoms with E-state index in [0.717, 1.165) is 50.8 Å². The Labute approximate surface area is 205 Å². The van der Waals surface area contributed by atoms with E-state index in [0.29, 0.717) is 19.4 Å². The van der Waals surface area contributed by atoms with E-state index < -0.39 is 23.6 Å². The number of unbranched alkanes of at least 4 members (excludes halogenated alkanes) is 3. The highest BCUT2D eigenvalue weighted by Gasteiger charge is 2.56. The van der Waals surface area contributed by atoms with Crippen LogP contribution in [0.4, 0.5) is 13.2 Å². The fraction of sp³-hybridized carbons (Fsp3) is 0.760. The molecule has 7 nitrogen and oxygen atoms in total. The summed E-state index contributed by atoms with van der Waals surface area (Å²) in [5.41, 5.74) is -1.95. The monoisotopic (exact) mass is 502 g/mol. The van der Waals surface area contributed by atoms with Crippen molar-refractivity contribution in [3.05, 3.63) is 23.9 Å². The summed E-state index contributed by atoms with van der Waals surface area (Å²) in [6.07, 6.45) is 2.63. The molecule has 1 aliphatic carbocycles. The van der Waals surface area contributed by atoms with Crippen molar-refractivity contribution < 1.29 is 36.9 Å². The molecule has 1 unspecified atom stereocenters. The number of carbonyl (C=O) groups excluding carboxylic acids is 1. The van der Waals surface area contributed by atoms with Crippen molar-refractivity contribution in [2.45, 2.75) is 89.3 Å². The number of aromatic nitrogens is 1. The molecule has 0 amide bonds. The van der Waals surface area contributed by atoms with Gasteiger partial charge in [0.1, 0.15) is 6.79 Å². The lowest BCUT2D eigenvalue weighted by Crippen LogP contribution is -2.72. The summed E-state index contributed by atoms with van der Waals surface area (Å²) in [6, 6.07) is 2.08. The van der Waals surface area contributed by atoms with Crippen LogP contribution in [0.2, 0.25) is 0 Å². The third kappa shape index (κ3) is 7.30. The van der Waals surface area contributed by atoms with Crippen LogP contribution in [0.15, 0.2) is 18.3 Å². The minimum absolute atomic E-state index is 0.0626. The van der Waals surface area contributed by atoms with Crippen molar-refractivity contribution in [3.8, 4) is 5.88 Å². The highest BCUT2D eigenvalue weighted by molar-refractivity contribution is 5.72. The van der Waals surface area contributed by atoms with Crippen molar-refractivity contribution in [2.24, 2.45) is 11.8 Å². The predicted octanol–water partition coefficient (Wildman–Crippen LogP) is 5.09. The molecule has 2 bridgehead atoms. The van der Waals surface area contributed by atoms with Crippen LogP contribution >= 0.6 is 0 Å². The molecule has 0 spiro atoms. The van der Waals surface area contributed by atoms with E-state index in [1.165, 1.54) is 6.07 Å². The van der Waals surface area contributed by atoms with Gasteiger partial charge in [0.15, 0.2) is 6.10 Å². The molecule has 1 aromatic heterocycles. The lowest BCUT2D eigenvalue weighted by atomic mass is 9.72. The first-order valence-corrected chi connectivity index (χ1v) is 12.5. The maximum atomic E-state index is 13.1. The number of carbonyl (C=O) groups is 1. The van der Waals surface area contributed by atoms with Crippen LogP contribution in [-0.2, 0) is 25.2 Å². The number of piperidine rings is 2. The van der Waals surface area contributed by atoms with E-state index in [9.17, 15) is 18.0 Å². The van der Waals surface area contributed by atoms with Gasteiger partial charge in [0.2, 0.25) is 11.6 Å². The number of nitrogens with zero attached hydrogens (tertiary/aromatic N) is 1. The summed E-state index contributed by atoms with van der Waals surface area (Å²) in [6.45, 7) is 4.55. The van der Waals surface area contributed by atoms with Crippen LogP contribution in [0.3, 0.4) is 0 Å². The zero-order valence-corrected chi connectivity index (χ0v) is 20.7. The van der Waals surface area contributed by atoms with Gasteiger partial charge in [0, 0.05) is 31.8 Å². The minimum atomic E-state index is -4.48. The minimum Gasteiger partial charge on any atom is -0.469 e. The maximum Gasteiger partial charge on any atom is 0.417 e. The predicted molar refractivity (Wildman–Crippen MR) is 122 cm³/mol. The molecule has 2 aliphatic heterocycles. The van der Waals surface area contributed by atoms with E-state index in [1.807, 2.05) is 6.92 Å². The fourth-order valence-electron chi connectivity index (χ4n) is 4.87. The summed E-state index contributed by atoms with van der Waals surface area (Å²) in [4.78, 5) is 16.9. The average molecular weight is 503 g/mol. The Bertz CT molecular complexity index is 807. The number of esters is 1. The van der Waals surface area contributed by atoms with Crippen molar-refractivity contribution in [3.63, 3.8) is 0 Å². The molecule has 1 saturated carbocycles. The van der Waals surface area contributed by atoms with Gasteiger partial charge in [-0.15, -0.1) is 0 Å². The van der Waals surface area contributed by atoms with E-state index in [2.05, 4.69) is 17.2 Å². The number of pyridine rings is 1. The Balaban J connectivity index is 1.73. The summed E-state index contributed by atoms with van der Waals surface area (Å²) >= 11 is 0. The fourth-order valence-corrected chi connectivity index (χ4v) is 4.87. The summed E-state index contributed by atoms with van der Waals surface area (Å²) in [7, 11) is 1.55. The number of fused-ring (bicyclic) bond motifs is 3. The zero-order valence-electron chi connectivity index (χ0n) is 20.7. The number of hydrogen-bond donors (Lipinski definition) is 1. The van der Waals surface area contributed by atoms with Crippen molar-refractivity contribution in [1.29, 1.82) is 0 Å². The van der Waals surface area contributed by atoms with Gasteiger partial charge in [0.25, 0.3) is 0 Å². The smallest absolute Gasteiger partial charge is 0.417 e. The molecule has 2 saturated heterocycles. The summed E-state index contributed by atoms with van der Waals surface area (Å²) in [5.74, 6) is -0.318. The molecule has 3 heterocycles. The molecule has 35 heavy (non-hydrogen) atoms. The summed E-state index contributed by atoms with van der Waals surface area (Å²) < 4.78 is 61.4. The summed E-state index contributed by atoms with van der Waals surface area (Å²) in [5, 5.41) is 3.44. The Morgan fingerprint density at radius 1 is 1.29 bits per heavy atom. The van der Waals surface area contributed by atoms with Crippen LogP contribution in [-0.4, -0.2) is 49.3 Å². The second-order valence-corrected chi connectivity index (χ2v) is 9.61. The van der Waals surface area contributed by atoms with Gasteiger partial charge in [-0.1, -0.05) is 39.5 Å².